The molecule has 104 valence electrons. The quantitative estimate of drug-likeness (QED) is 0.717. The minimum absolute atomic E-state index is 0.171. The van der Waals surface area contributed by atoms with Crippen LogP contribution in [0.3, 0.4) is 0 Å². The summed E-state index contributed by atoms with van der Waals surface area (Å²) < 4.78 is 0. The van der Waals surface area contributed by atoms with Gasteiger partial charge < -0.3 is 0 Å². The predicted molar refractivity (Wildman–Crippen MR) is 87.9 cm³/mol. The summed E-state index contributed by atoms with van der Waals surface area (Å²) in [7, 11) is 0. The molecule has 0 radical (unpaired) electrons. The van der Waals surface area contributed by atoms with Crippen LogP contribution in [0, 0.1) is 13.8 Å². The molecular formula is C17H17ClOS. The molecule has 0 unspecified atom stereocenters. The van der Waals surface area contributed by atoms with E-state index in [0.717, 1.165) is 27.5 Å². The predicted octanol–water partition coefficient (Wildman–Crippen LogP) is 5.07. The van der Waals surface area contributed by atoms with Crippen LogP contribution in [0.25, 0.3) is 0 Å². The van der Waals surface area contributed by atoms with Crippen molar-refractivity contribution in [2.75, 3.05) is 5.75 Å². The Labute approximate surface area is 129 Å². The molecule has 0 aliphatic rings. The van der Waals surface area contributed by atoms with Crippen molar-refractivity contribution >= 4 is 29.1 Å². The smallest absolute Gasteiger partial charge is 0.172 e. The molecule has 0 saturated heterocycles. The Hall–Kier alpha value is -1.25. The van der Waals surface area contributed by atoms with E-state index in [2.05, 4.69) is 6.92 Å². The van der Waals surface area contributed by atoms with Gasteiger partial charge in [0.1, 0.15) is 0 Å². The van der Waals surface area contributed by atoms with Crippen molar-refractivity contribution in [2.24, 2.45) is 0 Å². The molecule has 0 atom stereocenters. The van der Waals surface area contributed by atoms with Crippen LogP contribution in [-0.2, 0) is 5.75 Å². The van der Waals surface area contributed by atoms with Crippen molar-refractivity contribution in [1.29, 1.82) is 0 Å². The number of thioether (sulfide) groups is 1. The van der Waals surface area contributed by atoms with E-state index in [9.17, 15) is 4.79 Å². The molecule has 0 aliphatic heterocycles. The largest absolute Gasteiger partial charge is 0.293 e. The fraction of sp³-hybridized carbons (Fsp3) is 0.235. The van der Waals surface area contributed by atoms with E-state index in [-0.39, 0.29) is 5.78 Å². The average molecular weight is 305 g/mol. The summed E-state index contributed by atoms with van der Waals surface area (Å²) >= 11 is 7.70. The van der Waals surface area contributed by atoms with Gasteiger partial charge in [-0.1, -0.05) is 41.9 Å². The lowest BCUT2D eigenvalue weighted by molar-refractivity contribution is 0.102. The molecule has 0 spiro atoms. The monoisotopic (exact) mass is 304 g/mol. The first kappa shape index (κ1) is 15.1. The van der Waals surface area contributed by atoms with Gasteiger partial charge in [0.15, 0.2) is 5.78 Å². The van der Waals surface area contributed by atoms with Gasteiger partial charge in [-0.2, -0.15) is 0 Å². The zero-order chi connectivity index (χ0) is 14.5. The van der Waals surface area contributed by atoms with E-state index in [1.165, 1.54) is 5.56 Å². The average Bonchev–Trinajstić information content (AvgIpc) is 2.44. The Morgan fingerprint density at radius 2 is 1.85 bits per heavy atom. The van der Waals surface area contributed by atoms with Crippen LogP contribution in [0.4, 0.5) is 0 Å². The maximum atomic E-state index is 12.1. The normalized spacial score (nSPS) is 10.6. The van der Waals surface area contributed by atoms with Crippen molar-refractivity contribution in [2.45, 2.75) is 19.6 Å². The van der Waals surface area contributed by atoms with Crippen LogP contribution in [0.5, 0.6) is 0 Å². The van der Waals surface area contributed by atoms with Gasteiger partial charge in [0.25, 0.3) is 0 Å². The number of Topliss-reactive ketones (excluding diaryl/α,β-unsaturated/α-hetero) is 1. The van der Waals surface area contributed by atoms with Gasteiger partial charge in [0, 0.05) is 16.3 Å². The van der Waals surface area contributed by atoms with E-state index in [1.54, 1.807) is 11.8 Å². The number of hydrogen-bond acceptors (Lipinski definition) is 2. The van der Waals surface area contributed by atoms with Crippen molar-refractivity contribution < 1.29 is 4.79 Å². The first-order valence-corrected chi connectivity index (χ1v) is 8.03. The molecule has 0 amide bonds. The molecule has 0 bridgehead atoms. The summed E-state index contributed by atoms with van der Waals surface area (Å²) in [6.45, 7) is 4.08. The van der Waals surface area contributed by atoms with Gasteiger partial charge in [0.2, 0.25) is 0 Å². The lowest BCUT2D eigenvalue weighted by atomic mass is 10.0. The molecular weight excluding hydrogens is 288 g/mol. The molecule has 1 nitrogen and oxygen atoms in total. The van der Waals surface area contributed by atoms with E-state index in [4.69, 9.17) is 11.6 Å². The number of aryl methyl sites for hydroxylation is 2. The molecule has 0 heterocycles. The summed E-state index contributed by atoms with van der Waals surface area (Å²) in [5.74, 6) is 1.41. The highest BCUT2D eigenvalue weighted by Gasteiger charge is 2.08. The number of rotatable bonds is 5. The zero-order valence-electron chi connectivity index (χ0n) is 11.7. The number of halogens is 1. The second-order valence-electron chi connectivity index (χ2n) is 4.81. The molecule has 2 aromatic carbocycles. The maximum Gasteiger partial charge on any atom is 0.172 e. The second-order valence-corrected chi connectivity index (χ2v) is 6.20. The van der Waals surface area contributed by atoms with Crippen molar-refractivity contribution in [3.63, 3.8) is 0 Å². The van der Waals surface area contributed by atoms with Crippen molar-refractivity contribution in [1.82, 2.24) is 0 Å². The van der Waals surface area contributed by atoms with Gasteiger partial charge in [-0.25, -0.2) is 0 Å². The topological polar surface area (TPSA) is 17.1 Å². The Kier molecular flexibility index (Phi) is 5.27. The third-order valence-electron chi connectivity index (χ3n) is 3.28. The van der Waals surface area contributed by atoms with Crippen LogP contribution in [0.15, 0.2) is 42.5 Å². The third-order valence-corrected chi connectivity index (χ3v) is 4.63. The van der Waals surface area contributed by atoms with Crippen LogP contribution < -0.4 is 0 Å². The van der Waals surface area contributed by atoms with Crippen LogP contribution in [0.2, 0.25) is 5.02 Å². The minimum atomic E-state index is 0.171. The highest BCUT2D eigenvalue weighted by atomic mass is 35.5. The van der Waals surface area contributed by atoms with Crippen LogP contribution in [-0.4, -0.2) is 11.5 Å². The van der Waals surface area contributed by atoms with E-state index in [1.807, 2.05) is 49.4 Å². The Morgan fingerprint density at radius 3 is 2.55 bits per heavy atom. The molecule has 0 saturated carbocycles. The Balaban J connectivity index is 1.92. The minimum Gasteiger partial charge on any atom is -0.293 e. The third kappa shape index (κ3) is 3.87. The number of ketones is 1. The molecule has 3 heteroatoms. The molecule has 2 rings (SSSR count). The first-order valence-electron chi connectivity index (χ1n) is 6.49. The lowest BCUT2D eigenvalue weighted by Gasteiger charge is -2.06. The first-order chi connectivity index (χ1) is 9.58. The van der Waals surface area contributed by atoms with Gasteiger partial charge >= 0.3 is 0 Å². The van der Waals surface area contributed by atoms with Crippen molar-refractivity contribution in [3.8, 4) is 0 Å². The molecule has 0 fully saturated rings. The number of hydrogen-bond donors (Lipinski definition) is 0. The molecule has 2 aromatic rings. The van der Waals surface area contributed by atoms with Gasteiger partial charge in [-0.05, 0) is 42.7 Å². The van der Waals surface area contributed by atoms with E-state index >= 15 is 0 Å². The summed E-state index contributed by atoms with van der Waals surface area (Å²) in [5, 5.41) is 0.763. The van der Waals surface area contributed by atoms with E-state index in [0.29, 0.717) is 5.75 Å². The summed E-state index contributed by atoms with van der Waals surface area (Å²) in [5.41, 5.74) is 4.24. The standard InChI is InChI=1S/C17H17ClOS/c1-12-7-8-14(9-13(12)2)17(19)11-20-10-15-5-3-4-6-16(15)18/h3-9H,10-11H2,1-2H3. The summed E-state index contributed by atoms with van der Waals surface area (Å²) in [6.07, 6.45) is 0. The summed E-state index contributed by atoms with van der Waals surface area (Å²) in [6, 6.07) is 13.6. The Morgan fingerprint density at radius 1 is 1.10 bits per heavy atom. The number of carbonyl (C=O) groups is 1. The highest BCUT2D eigenvalue weighted by Crippen LogP contribution is 2.21. The molecule has 0 aromatic heterocycles. The Bertz CT molecular complexity index is 622. The number of benzene rings is 2. The fourth-order valence-electron chi connectivity index (χ4n) is 1.87. The van der Waals surface area contributed by atoms with Crippen LogP contribution >= 0.6 is 23.4 Å². The highest BCUT2D eigenvalue weighted by molar-refractivity contribution is 7.99. The second kappa shape index (κ2) is 6.96. The summed E-state index contributed by atoms with van der Waals surface area (Å²) in [4.78, 5) is 12.1. The lowest BCUT2D eigenvalue weighted by Crippen LogP contribution is -2.03. The maximum absolute atomic E-state index is 12.1. The zero-order valence-corrected chi connectivity index (χ0v) is 13.2. The van der Waals surface area contributed by atoms with Crippen LogP contribution in [0.1, 0.15) is 27.0 Å². The number of carbonyl (C=O) groups excluding carboxylic acids is 1. The molecule has 20 heavy (non-hydrogen) atoms. The van der Waals surface area contributed by atoms with E-state index < -0.39 is 0 Å². The molecule has 0 N–H and O–H groups in total. The van der Waals surface area contributed by atoms with Gasteiger partial charge in [-0.15, -0.1) is 11.8 Å². The fourth-order valence-corrected chi connectivity index (χ4v) is 3.07. The van der Waals surface area contributed by atoms with Gasteiger partial charge in [0.05, 0.1) is 5.75 Å². The SMILES string of the molecule is Cc1ccc(C(=O)CSCc2ccccc2Cl)cc1C. The molecule has 0 aliphatic carbocycles. The van der Waals surface area contributed by atoms with Crippen molar-refractivity contribution in [3.05, 3.63) is 69.7 Å². The van der Waals surface area contributed by atoms with Gasteiger partial charge in [-0.3, -0.25) is 4.79 Å².